The number of alkyl halides is 1. The van der Waals surface area contributed by atoms with E-state index < -0.39 is 12.0 Å². The maximum atomic E-state index is 11.9. The lowest BCUT2D eigenvalue weighted by Gasteiger charge is -2.27. The van der Waals surface area contributed by atoms with Crippen molar-refractivity contribution in [2.75, 3.05) is 6.54 Å². The maximum Gasteiger partial charge on any atom is 0.305 e. The molecule has 4 nitrogen and oxygen atoms in total. The first-order valence-corrected chi connectivity index (χ1v) is 7.11. The molecule has 1 amide bonds. The van der Waals surface area contributed by atoms with Gasteiger partial charge in [0.1, 0.15) is 0 Å². The second kappa shape index (κ2) is 5.92. The van der Waals surface area contributed by atoms with Gasteiger partial charge in [-0.15, -0.1) is 11.6 Å². The SMILES string of the molecule is O=C(O)CC(c1ccc(Br)cc1)N1CC(Cl)CC1=O. The number of nitrogens with zero attached hydrogens (tertiary/aromatic N) is 1. The fourth-order valence-electron chi connectivity index (χ4n) is 2.25. The largest absolute Gasteiger partial charge is 0.481 e. The van der Waals surface area contributed by atoms with Crippen LogP contribution in [0.3, 0.4) is 0 Å². The molecule has 1 fully saturated rings. The number of carboxylic acids is 1. The first kappa shape index (κ1) is 14.3. The Kier molecular flexibility index (Phi) is 4.47. The third kappa shape index (κ3) is 3.48. The van der Waals surface area contributed by atoms with Gasteiger partial charge < -0.3 is 10.0 Å². The highest BCUT2D eigenvalue weighted by Gasteiger charge is 2.35. The van der Waals surface area contributed by atoms with Crippen molar-refractivity contribution in [3.05, 3.63) is 34.3 Å². The van der Waals surface area contributed by atoms with Crippen LogP contribution in [0.5, 0.6) is 0 Å². The molecule has 1 aliphatic rings. The highest BCUT2D eigenvalue weighted by Crippen LogP contribution is 2.31. The molecule has 1 N–H and O–H groups in total. The summed E-state index contributed by atoms with van der Waals surface area (Å²) in [6.07, 6.45) is 0.158. The van der Waals surface area contributed by atoms with E-state index in [2.05, 4.69) is 15.9 Å². The van der Waals surface area contributed by atoms with Gasteiger partial charge in [0.05, 0.1) is 17.8 Å². The van der Waals surface area contributed by atoms with Gasteiger partial charge in [-0.25, -0.2) is 0 Å². The summed E-state index contributed by atoms with van der Waals surface area (Å²) in [6, 6.07) is 6.87. The third-order valence-corrected chi connectivity index (χ3v) is 3.93. The van der Waals surface area contributed by atoms with Crippen LogP contribution in [0.15, 0.2) is 28.7 Å². The molecule has 1 heterocycles. The van der Waals surface area contributed by atoms with E-state index in [-0.39, 0.29) is 24.1 Å². The Balaban J connectivity index is 2.28. The van der Waals surface area contributed by atoms with Crippen molar-refractivity contribution >= 4 is 39.4 Å². The average molecular weight is 347 g/mol. The molecule has 0 bridgehead atoms. The number of carbonyl (C=O) groups is 2. The molecule has 6 heteroatoms. The van der Waals surface area contributed by atoms with Gasteiger partial charge in [0.15, 0.2) is 0 Å². The van der Waals surface area contributed by atoms with E-state index in [1.54, 1.807) is 4.90 Å². The van der Waals surface area contributed by atoms with E-state index in [1.807, 2.05) is 24.3 Å². The molecule has 2 rings (SSSR count). The number of hydrogen-bond donors (Lipinski definition) is 1. The molecule has 0 aromatic heterocycles. The number of rotatable bonds is 4. The Hall–Kier alpha value is -1.07. The molecule has 2 atom stereocenters. The van der Waals surface area contributed by atoms with Crippen molar-refractivity contribution in [2.45, 2.75) is 24.3 Å². The van der Waals surface area contributed by atoms with Crippen LogP contribution >= 0.6 is 27.5 Å². The number of likely N-dealkylation sites (tertiary alicyclic amines) is 1. The molecule has 0 saturated carbocycles. The zero-order valence-electron chi connectivity index (χ0n) is 10.1. The fraction of sp³-hybridized carbons (Fsp3) is 0.385. The minimum atomic E-state index is -0.932. The number of carbonyl (C=O) groups excluding carboxylic acids is 1. The summed E-state index contributed by atoms with van der Waals surface area (Å²) < 4.78 is 0.910. The third-order valence-electron chi connectivity index (χ3n) is 3.11. The minimum Gasteiger partial charge on any atom is -0.481 e. The van der Waals surface area contributed by atoms with Gasteiger partial charge in [0.25, 0.3) is 0 Å². The molecule has 1 aromatic rings. The average Bonchev–Trinajstić information content (AvgIpc) is 2.66. The molecule has 1 aliphatic heterocycles. The zero-order valence-corrected chi connectivity index (χ0v) is 12.4. The van der Waals surface area contributed by atoms with Gasteiger partial charge in [0.2, 0.25) is 5.91 Å². The molecule has 0 spiro atoms. The van der Waals surface area contributed by atoms with E-state index in [9.17, 15) is 9.59 Å². The summed E-state index contributed by atoms with van der Waals surface area (Å²) in [7, 11) is 0. The van der Waals surface area contributed by atoms with Crippen molar-refractivity contribution in [1.82, 2.24) is 4.90 Å². The van der Waals surface area contributed by atoms with E-state index in [4.69, 9.17) is 16.7 Å². The summed E-state index contributed by atoms with van der Waals surface area (Å²) in [5, 5.41) is 8.80. The molecule has 0 aliphatic carbocycles. The van der Waals surface area contributed by atoms with Gasteiger partial charge in [-0.1, -0.05) is 28.1 Å². The zero-order chi connectivity index (χ0) is 14.0. The van der Waals surface area contributed by atoms with Gasteiger partial charge in [0, 0.05) is 17.4 Å². The van der Waals surface area contributed by atoms with E-state index >= 15 is 0 Å². The summed E-state index contributed by atoms with van der Waals surface area (Å²) in [5.74, 6) is -1.02. The van der Waals surface area contributed by atoms with Crippen LogP contribution in [-0.4, -0.2) is 33.8 Å². The first-order valence-electron chi connectivity index (χ1n) is 5.88. The van der Waals surface area contributed by atoms with Crippen LogP contribution < -0.4 is 0 Å². The number of benzene rings is 1. The number of aliphatic carboxylic acids is 1. The molecule has 102 valence electrons. The predicted molar refractivity (Wildman–Crippen MR) is 75.1 cm³/mol. The van der Waals surface area contributed by atoms with Crippen molar-refractivity contribution in [2.24, 2.45) is 0 Å². The van der Waals surface area contributed by atoms with Crippen molar-refractivity contribution in [3.8, 4) is 0 Å². The Labute approximate surface area is 124 Å². The Morgan fingerprint density at radius 2 is 2.11 bits per heavy atom. The fourth-order valence-corrected chi connectivity index (χ4v) is 2.79. The smallest absolute Gasteiger partial charge is 0.305 e. The quantitative estimate of drug-likeness (QED) is 0.853. The van der Waals surface area contributed by atoms with Crippen molar-refractivity contribution in [3.63, 3.8) is 0 Å². The second-order valence-electron chi connectivity index (χ2n) is 4.51. The lowest BCUT2D eigenvalue weighted by Crippen LogP contribution is -2.32. The van der Waals surface area contributed by atoms with Crippen molar-refractivity contribution in [1.29, 1.82) is 0 Å². The van der Waals surface area contributed by atoms with Crippen molar-refractivity contribution < 1.29 is 14.7 Å². The van der Waals surface area contributed by atoms with Gasteiger partial charge >= 0.3 is 5.97 Å². The van der Waals surface area contributed by atoms with Crippen LogP contribution in [0, 0.1) is 0 Å². The predicted octanol–water partition coefficient (Wildman–Crippen LogP) is 2.80. The van der Waals surface area contributed by atoms with E-state index in [0.29, 0.717) is 6.54 Å². The normalized spacial score (nSPS) is 20.6. The van der Waals surface area contributed by atoms with Crippen LogP contribution in [0.1, 0.15) is 24.4 Å². The number of hydrogen-bond acceptors (Lipinski definition) is 2. The molecule has 19 heavy (non-hydrogen) atoms. The Bertz CT molecular complexity index is 491. The topological polar surface area (TPSA) is 57.6 Å². The number of carboxylic acid groups (broad SMARTS) is 1. The van der Waals surface area contributed by atoms with E-state index in [1.165, 1.54) is 0 Å². The van der Waals surface area contributed by atoms with Crippen LogP contribution in [-0.2, 0) is 9.59 Å². The Morgan fingerprint density at radius 3 is 2.58 bits per heavy atom. The molecule has 1 saturated heterocycles. The monoisotopic (exact) mass is 345 g/mol. The summed E-state index contributed by atoms with van der Waals surface area (Å²) in [6.45, 7) is 0.397. The number of halogens is 2. The van der Waals surface area contributed by atoms with Gasteiger partial charge in [-0.2, -0.15) is 0 Å². The van der Waals surface area contributed by atoms with Crippen LogP contribution in [0.4, 0.5) is 0 Å². The maximum absolute atomic E-state index is 11.9. The minimum absolute atomic E-state index is 0.0887. The first-order chi connectivity index (χ1) is 8.97. The van der Waals surface area contributed by atoms with Crippen LogP contribution in [0.2, 0.25) is 0 Å². The standard InChI is InChI=1S/C13H13BrClNO3/c14-9-3-1-8(2-4-9)11(6-13(18)19)16-7-10(15)5-12(16)17/h1-4,10-11H,5-7H2,(H,18,19). The highest BCUT2D eigenvalue weighted by molar-refractivity contribution is 9.10. The lowest BCUT2D eigenvalue weighted by atomic mass is 10.0. The summed E-state index contributed by atoms with van der Waals surface area (Å²) in [5.41, 5.74) is 0.810. The van der Waals surface area contributed by atoms with Crippen LogP contribution in [0.25, 0.3) is 0 Å². The number of amides is 1. The van der Waals surface area contributed by atoms with Gasteiger partial charge in [-0.05, 0) is 17.7 Å². The Morgan fingerprint density at radius 1 is 1.47 bits per heavy atom. The lowest BCUT2D eigenvalue weighted by molar-refractivity contribution is -0.139. The molecule has 2 unspecified atom stereocenters. The summed E-state index contributed by atoms with van der Waals surface area (Å²) >= 11 is 9.31. The van der Waals surface area contributed by atoms with E-state index in [0.717, 1.165) is 10.0 Å². The molecular formula is C13H13BrClNO3. The molecular weight excluding hydrogens is 334 g/mol. The molecule has 0 radical (unpaired) electrons. The highest BCUT2D eigenvalue weighted by atomic mass is 79.9. The summed E-state index contributed by atoms with van der Waals surface area (Å²) in [4.78, 5) is 24.5. The molecule has 1 aromatic carbocycles. The van der Waals surface area contributed by atoms with Gasteiger partial charge in [-0.3, -0.25) is 9.59 Å². The second-order valence-corrected chi connectivity index (χ2v) is 6.05.